The molecule has 0 aliphatic carbocycles. The zero-order valence-corrected chi connectivity index (χ0v) is 11.1. The van der Waals surface area contributed by atoms with E-state index >= 15 is 0 Å². The SMILES string of the molecule is COCc1cc(C(=O)N2CCCNCC2)ccc1F. The molecular weight excluding hydrogens is 247 g/mol. The number of halogens is 1. The van der Waals surface area contributed by atoms with E-state index in [1.807, 2.05) is 4.90 Å². The number of nitrogens with one attached hydrogen (secondary N) is 1. The summed E-state index contributed by atoms with van der Waals surface area (Å²) in [5.41, 5.74) is 0.941. The first-order valence-electron chi connectivity index (χ1n) is 6.49. The van der Waals surface area contributed by atoms with Crippen LogP contribution in [0.15, 0.2) is 18.2 Å². The highest BCUT2D eigenvalue weighted by Crippen LogP contribution is 2.14. The second-order valence-corrected chi connectivity index (χ2v) is 4.63. The fourth-order valence-corrected chi connectivity index (χ4v) is 2.21. The number of ether oxygens (including phenoxy) is 1. The van der Waals surface area contributed by atoms with E-state index in [0.717, 1.165) is 26.1 Å². The van der Waals surface area contributed by atoms with Gasteiger partial charge in [0.1, 0.15) is 5.82 Å². The van der Waals surface area contributed by atoms with Crippen molar-refractivity contribution in [2.75, 3.05) is 33.3 Å². The fourth-order valence-electron chi connectivity index (χ4n) is 2.21. The van der Waals surface area contributed by atoms with Gasteiger partial charge in [0.2, 0.25) is 0 Å². The molecule has 0 aromatic heterocycles. The quantitative estimate of drug-likeness (QED) is 0.899. The third-order valence-electron chi connectivity index (χ3n) is 3.22. The van der Waals surface area contributed by atoms with Gasteiger partial charge in [-0.3, -0.25) is 4.79 Å². The summed E-state index contributed by atoms with van der Waals surface area (Å²) in [5, 5.41) is 3.25. The van der Waals surface area contributed by atoms with Crippen LogP contribution in [0.25, 0.3) is 0 Å². The van der Waals surface area contributed by atoms with Gasteiger partial charge in [0.05, 0.1) is 6.61 Å². The van der Waals surface area contributed by atoms with E-state index in [0.29, 0.717) is 17.7 Å². The van der Waals surface area contributed by atoms with E-state index in [1.165, 1.54) is 19.2 Å². The van der Waals surface area contributed by atoms with Gasteiger partial charge in [0.25, 0.3) is 5.91 Å². The molecule has 104 valence electrons. The van der Waals surface area contributed by atoms with Gasteiger partial charge in [-0.05, 0) is 31.2 Å². The molecule has 1 fully saturated rings. The lowest BCUT2D eigenvalue weighted by Crippen LogP contribution is -2.34. The van der Waals surface area contributed by atoms with Crippen LogP contribution in [0.1, 0.15) is 22.3 Å². The smallest absolute Gasteiger partial charge is 0.253 e. The van der Waals surface area contributed by atoms with Crippen molar-refractivity contribution >= 4 is 5.91 Å². The van der Waals surface area contributed by atoms with Gasteiger partial charge in [-0.15, -0.1) is 0 Å². The molecular formula is C14H19FN2O2. The lowest BCUT2D eigenvalue weighted by molar-refractivity contribution is 0.0766. The average molecular weight is 266 g/mol. The third-order valence-corrected chi connectivity index (χ3v) is 3.22. The van der Waals surface area contributed by atoms with E-state index in [1.54, 1.807) is 6.07 Å². The Kier molecular flexibility index (Phi) is 4.87. The summed E-state index contributed by atoms with van der Waals surface area (Å²) < 4.78 is 18.4. The Morgan fingerprint density at radius 3 is 3.05 bits per heavy atom. The summed E-state index contributed by atoms with van der Waals surface area (Å²) in [7, 11) is 1.51. The van der Waals surface area contributed by atoms with Crippen molar-refractivity contribution in [2.24, 2.45) is 0 Å². The number of hydrogen-bond acceptors (Lipinski definition) is 3. The summed E-state index contributed by atoms with van der Waals surface area (Å²) in [5.74, 6) is -0.378. The largest absolute Gasteiger partial charge is 0.380 e. The normalized spacial score (nSPS) is 16.2. The van der Waals surface area contributed by atoms with Crippen LogP contribution in [0.2, 0.25) is 0 Å². The molecule has 1 N–H and O–H groups in total. The monoisotopic (exact) mass is 266 g/mol. The number of amides is 1. The second kappa shape index (κ2) is 6.63. The topological polar surface area (TPSA) is 41.6 Å². The molecule has 2 rings (SSSR count). The van der Waals surface area contributed by atoms with Crippen LogP contribution < -0.4 is 5.32 Å². The molecule has 0 atom stereocenters. The van der Waals surface area contributed by atoms with Crippen molar-refractivity contribution in [3.05, 3.63) is 35.1 Å². The standard InChI is InChI=1S/C14H19FN2O2/c1-19-10-12-9-11(3-4-13(12)15)14(18)17-7-2-5-16-6-8-17/h3-4,9,16H,2,5-8,10H2,1H3. The first-order valence-corrected chi connectivity index (χ1v) is 6.49. The molecule has 1 aliphatic heterocycles. The van der Waals surface area contributed by atoms with Crippen LogP contribution in [0.4, 0.5) is 4.39 Å². The Morgan fingerprint density at radius 1 is 1.42 bits per heavy atom. The maximum Gasteiger partial charge on any atom is 0.253 e. The molecule has 0 spiro atoms. The number of methoxy groups -OCH3 is 1. The van der Waals surface area contributed by atoms with Crippen molar-refractivity contribution in [3.8, 4) is 0 Å². The van der Waals surface area contributed by atoms with E-state index in [4.69, 9.17) is 4.74 Å². The van der Waals surface area contributed by atoms with Crippen molar-refractivity contribution in [2.45, 2.75) is 13.0 Å². The Labute approximate surface area is 112 Å². The molecule has 1 amide bonds. The van der Waals surface area contributed by atoms with Gasteiger partial charge in [-0.1, -0.05) is 0 Å². The molecule has 1 aromatic rings. The Hall–Kier alpha value is -1.46. The molecule has 0 saturated carbocycles. The first kappa shape index (κ1) is 14.0. The van der Waals surface area contributed by atoms with E-state index in [9.17, 15) is 9.18 Å². The van der Waals surface area contributed by atoms with Crippen LogP contribution in [0.5, 0.6) is 0 Å². The van der Waals surface area contributed by atoms with Gasteiger partial charge in [-0.25, -0.2) is 4.39 Å². The molecule has 0 radical (unpaired) electrons. The Balaban J connectivity index is 2.15. The Morgan fingerprint density at radius 2 is 2.26 bits per heavy atom. The fraction of sp³-hybridized carbons (Fsp3) is 0.500. The lowest BCUT2D eigenvalue weighted by Gasteiger charge is -2.20. The number of benzene rings is 1. The molecule has 19 heavy (non-hydrogen) atoms. The number of hydrogen-bond donors (Lipinski definition) is 1. The minimum Gasteiger partial charge on any atom is -0.380 e. The minimum atomic E-state index is -0.337. The van der Waals surface area contributed by atoms with Gasteiger partial charge >= 0.3 is 0 Å². The third kappa shape index (κ3) is 3.52. The molecule has 4 nitrogen and oxygen atoms in total. The minimum absolute atomic E-state index is 0.0407. The molecule has 0 unspecified atom stereocenters. The maximum atomic E-state index is 13.5. The van der Waals surface area contributed by atoms with Crippen LogP contribution in [0, 0.1) is 5.82 Å². The first-order chi connectivity index (χ1) is 9.22. The van der Waals surface area contributed by atoms with E-state index in [-0.39, 0.29) is 18.3 Å². The molecule has 1 aromatic carbocycles. The zero-order chi connectivity index (χ0) is 13.7. The van der Waals surface area contributed by atoms with E-state index in [2.05, 4.69) is 5.32 Å². The predicted octanol–water partition coefficient (Wildman–Crippen LogP) is 1.41. The van der Waals surface area contributed by atoms with Crippen LogP contribution in [-0.4, -0.2) is 44.1 Å². The predicted molar refractivity (Wildman–Crippen MR) is 70.5 cm³/mol. The number of carbonyl (C=O) groups is 1. The molecule has 5 heteroatoms. The lowest BCUT2D eigenvalue weighted by atomic mass is 10.1. The number of carbonyl (C=O) groups excluding carboxylic acids is 1. The number of rotatable bonds is 3. The molecule has 0 bridgehead atoms. The van der Waals surface area contributed by atoms with Crippen LogP contribution >= 0.6 is 0 Å². The average Bonchev–Trinajstić information content (AvgIpc) is 2.69. The van der Waals surface area contributed by atoms with Crippen LogP contribution in [0.3, 0.4) is 0 Å². The number of nitrogens with zero attached hydrogens (tertiary/aromatic N) is 1. The summed E-state index contributed by atoms with van der Waals surface area (Å²) >= 11 is 0. The van der Waals surface area contributed by atoms with Crippen molar-refractivity contribution < 1.29 is 13.9 Å². The van der Waals surface area contributed by atoms with Crippen molar-refractivity contribution in [1.82, 2.24) is 10.2 Å². The second-order valence-electron chi connectivity index (χ2n) is 4.63. The highest BCUT2D eigenvalue weighted by molar-refractivity contribution is 5.94. The highest BCUT2D eigenvalue weighted by atomic mass is 19.1. The highest BCUT2D eigenvalue weighted by Gasteiger charge is 2.18. The maximum absolute atomic E-state index is 13.5. The van der Waals surface area contributed by atoms with Gasteiger partial charge in [0, 0.05) is 37.9 Å². The van der Waals surface area contributed by atoms with E-state index < -0.39 is 0 Å². The van der Waals surface area contributed by atoms with Crippen LogP contribution in [-0.2, 0) is 11.3 Å². The van der Waals surface area contributed by atoms with Crippen molar-refractivity contribution in [1.29, 1.82) is 0 Å². The molecule has 1 heterocycles. The van der Waals surface area contributed by atoms with Gasteiger partial charge in [0.15, 0.2) is 0 Å². The van der Waals surface area contributed by atoms with Gasteiger partial charge in [-0.2, -0.15) is 0 Å². The molecule has 1 aliphatic rings. The van der Waals surface area contributed by atoms with Gasteiger partial charge < -0.3 is 15.0 Å². The van der Waals surface area contributed by atoms with Crippen molar-refractivity contribution in [3.63, 3.8) is 0 Å². The Bertz CT molecular complexity index is 443. The summed E-state index contributed by atoms with van der Waals surface area (Å²) in [6.07, 6.45) is 0.942. The molecule has 1 saturated heterocycles. The summed E-state index contributed by atoms with van der Waals surface area (Å²) in [4.78, 5) is 14.2. The summed E-state index contributed by atoms with van der Waals surface area (Å²) in [6.45, 7) is 3.34. The summed E-state index contributed by atoms with van der Waals surface area (Å²) in [6, 6.07) is 4.45. The zero-order valence-electron chi connectivity index (χ0n) is 11.1.